The predicted molar refractivity (Wildman–Crippen MR) is 113 cm³/mol. The van der Waals surface area contributed by atoms with Gasteiger partial charge in [-0.25, -0.2) is 0 Å². The van der Waals surface area contributed by atoms with Crippen LogP contribution in [0.3, 0.4) is 0 Å². The molecule has 0 saturated carbocycles. The quantitative estimate of drug-likeness (QED) is 0.687. The van der Waals surface area contributed by atoms with Gasteiger partial charge in [-0.05, 0) is 30.0 Å². The van der Waals surface area contributed by atoms with Gasteiger partial charge in [-0.15, -0.1) is 0 Å². The van der Waals surface area contributed by atoms with Crippen LogP contribution in [0.4, 0.5) is 0 Å². The Hall–Kier alpha value is -2.64. The van der Waals surface area contributed by atoms with E-state index in [4.69, 9.17) is 0 Å². The van der Waals surface area contributed by atoms with E-state index < -0.39 is 24.0 Å². The number of aliphatic hydroxyl groups excluding tert-OH is 2. The zero-order chi connectivity index (χ0) is 21.1. The first-order valence-corrected chi connectivity index (χ1v) is 9.84. The third kappa shape index (κ3) is 4.52. The second kappa shape index (κ2) is 8.80. The minimum Gasteiger partial charge on any atom is -0.380 e. The average Bonchev–Trinajstić information content (AvgIpc) is 2.76. The maximum absolute atomic E-state index is 12.7. The van der Waals surface area contributed by atoms with Gasteiger partial charge in [-0.2, -0.15) is 0 Å². The molecule has 2 N–H and O–H groups in total. The smallest absolute Gasteiger partial charge is 0.255 e. The largest absolute Gasteiger partial charge is 0.380 e. The minimum absolute atomic E-state index is 0.304. The van der Waals surface area contributed by atoms with Gasteiger partial charge in [-0.1, -0.05) is 54.0 Å². The van der Waals surface area contributed by atoms with Gasteiger partial charge in [0.25, 0.3) is 11.8 Å². The van der Waals surface area contributed by atoms with Crippen LogP contribution in [-0.4, -0.2) is 65.5 Å². The summed E-state index contributed by atoms with van der Waals surface area (Å²) < 4.78 is 0. The Kier molecular flexibility index (Phi) is 6.40. The molecular formula is C22H27BN2O4. The van der Waals surface area contributed by atoms with Crippen LogP contribution in [0.5, 0.6) is 0 Å². The van der Waals surface area contributed by atoms with Gasteiger partial charge >= 0.3 is 0 Å². The molecular weight excluding hydrogens is 367 g/mol. The van der Waals surface area contributed by atoms with Crippen molar-refractivity contribution < 1.29 is 19.8 Å². The van der Waals surface area contributed by atoms with Crippen LogP contribution in [0.2, 0.25) is 0 Å². The lowest BCUT2D eigenvalue weighted by molar-refractivity contribution is -0.159. The van der Waals surface area contributed by atoms with Crippen LogP contribution < -0.4 is 5.46 Å². The van der Waals surface area contributed by atoms with Crippen LogP contribution in [0.25, 0.3) is 0 Å². The Bertz CT molecular complexity index is 887. The summed E-state index contributed by atoms with van der Waals surface area (Å²) in [7, 11) is 3.54. The molecule has 1 aliphatic heterocycles. The molecule has 0 aliphatic carbocycles. The number of fused-ring (bicyclic) bond motifs is 1. The first-order chi connectivity index (χ1) is 13.8. The molecule has 3 atom stereocenters. The van der Waals surface area contributed by atoms with E-state index >= 15 is 0 Å². The zero-order valence-electron chi connectivity index (χ0n) is 17.1. The lowest BCUT2D eigenvalue weighted by atomic mass is 9.94. The van der Waals surface area contributed by atoms with Crippen molar-refractivity contribution in [2.45, 2.75) is 38.1 Å². The number of carbonyl (C=O) groups excluding carboxylic acids is 2. The Balaban J connectivity index is 1.65. The van der Waals surface area contributed by atoms with Crippen molar-refractivity contribution in [1.29, 1.82) is 0 Å². The number of hydrogen-bond donors (Lipinski definition) is 2. The molecule has 2 aromatic rings. The second-order valence-electron chi connectivity index (χ2n) is 7.70. The molecule has 0 radical (unpaired) electrons. The van der Waals surface area contributed by atoms with Crippen LogP contribution >= 0.6 is 0 Å². The molecule has 2 amide bonds. The third-order valence-corrected chi connectivity index (χ3v) is 5.74. The van der Waals surface area contributed by atoms with Crippen LogP contribution in [0, 0.1) is 0 Å². The standard InChI is InChI=1S/C22H27BN2O4/c1-14(15-7-9-18(23)10-8-15)24(2)21(28)19(26)20(27)22(29)25-12-11-16-5-3-4-6-17(16)13-25/h3-10,14,19-20,26-27H,11-13,23H2,1-2H3/t14-,19-,20-/m0/s1. The number of benzene rings is 2. The molecule has 7 heteroatoms. The van der Waals surface area contributed by atoms with Crippen molar-refractivity contribution in [2.75, 3.05) is 13.6 Å². The molecule has 1 aliphatic rings. The number of nitrogens with zero attached hydrogens (tertiary/aromatic N) is 2. The summed E-state index contributed by atoms with van der Waals surface area (Å²) in [6.45, 7) is 2.65. The molecule has 0 bridgehead atoms. The fraction of sp³-hybridized carbons (Fsp3) is 0.364. The Labute approximate surface area is 172 Å². The molecule has 0 unspecified atom stereocenters. The number of carbonyl (C=O) groups is 2. The summed E-state index contributed by atoms with van der Waals surface area (Å²) in [5.41, 5.74) is 4.21. The normalized spacial score (nSPS) is 16.5. The van der Waals surface area contributed by atoms with E-state index in [0.29, 0.717) is 19.5 Å². The van der Waals surface area contributed by atoms with Crippen molar-refractivity contribution in [3.63, 3.8) is 0 Å². The molecule has 0 saturated heterocycles. The highest BCUT2D eigenvalue weighted by atomic mass is 16.3. The highest BCUT2D eigenvalue weighted by molar-refractivity contribution is 6.32. The Morgan fingerprint density at radius 2 is 1.66 bits per heavy atom. The van der Waals surface area contributed by atoms with E-state index in [0.717, 1.165) is 16.6 Å². The predicted octanol–water partition coefficient (Wildman–Crippen LogP) is -0.229. The molecule has 29 heavy (non-hydrogen) atoms. The van der Waals surface area contributed by atoms with Crippen LogP contribution in [0.1, 0.15) is 29.7 Å². The molecule has 3 rings (SSSR count). The van der Waals surface area contributed by atoms with Gasteiger partial charge in [0.15, 0.2) is 12.2 Å². The van der Waals surface area contributed by atoms with Crippen molar-refractivity contribution in [2.24, 2.45) is 0 Å². The van der Waals surface area contributed by atoms with Gasteiger partial charge in [-0.3, -0.25) is 9.59 Å². The van der Waals surface area contributed by atoms with E-state index in [2.05, 4.69) is 0 Å². The number of hydrogen-bond acceptors (Lipinski definition) is 4. The second-order valence-corrected chi connectivity index (χ2v) is 7.70. The Morgan fingerprint density at radius 3 is 2.31 bits per heavy atom. The SMILES string of the molecule is Bc1ccc([C@H](C)N(C)C(=O)[C@@H](O)[C@H](O)C(=O)N2CCc3ccccc3C2)cc1. The van der Waals surface area contributed by atoms with E-state index in [-0.39, 0.29) is 6.04 Å². The fourth-order valence-electron chi connectivity index (χ4n) is 3.61. The summed E-state index contributed by atoms with van der Waals surface area (Å²) >= 11 is 0. The van der Waals surface area contributed by atoms with Gasteiger partial charge in [0.1, 0.15) is 7.85 Å². The van der Waals surface area contributed by atoms with E-state index in [1.165, 1.54) is 15.4 Å². The molecule has 0 aromatic heterocycles. The van der Waals surface area contributed by atoms with Gasteiger partial charge < -0.3 is 20.0 Å². The van der Waals surface area contributed by atoms with Gasteiger partial charge in [0.05, 0.1) is 6.04 Å². The first kappa shape index (κ1) is 21.1. The summed E-state index contributed by atoms with van der Waals surface area (Å²) in [5, 5.41) is 20.8. The molecule has 0 fully saturated rings. The Morgan fingerprint density at radius 1 is 1.03 bits per heavy atom. The van der Waals surface area contributed by atoms with E-state index in [1.54, 1.807) is 7.05 Å². The highest BCUT2D eigenvalue weighted by Crippen LogP contribution is 2.21. The number of aliphatic hydroxyl groups is 2. The first-order valence-electron chi connectivity index (χ1n) is 9.84. The van der Waals surface area contributed by atoms with E-state index in [1.807, 2.05) is 63.3 Å². The van der Waals surface area contributed by atoms with Crippen LogP contribution in [0.15, 0.2) is 48.5 Å². The van der Waals surface area contributed by atoms with E-state index in [9.17, 15) is 19.8 Å². The minimum atomic E-state index is -1.81. The third-order valence-electron chi connectivity index (χ3n) is 5.74. The molecule has 0 spiro atoms. The fourth-order valence-corrected chi connectivity index (χ4v) is 3.61. The van der Waals surface area contributed by atoms with Gasteiger partial charge in [0, 0.05) is 20.1 Å². The lowest BCUT2D eigenvalue weighted by Crippen LogP contribution is -2.52. The molecule has 1 heterocycles. The summed E-state index contributed by atoms with van der Waals surface area (Å²) in [5.74, 6) is -1.31. The van der Waals surface area contributed by atoms with Crippen molar-refractivity contribution >= 4 is 25.1 Å². The summed E-state index contributed by atoms with van der Waals surface area (Å²) in [6, 6.07) is 15.3. The highest BCUT2D eigenvalue weighted by Gasteiger charge is 2.36. The summed E-state index contributed by atoms with van der Waals surface area (Å²) in [4.78, 5) is 28.2. The maximum Gasteiger partial charge on any atom is 0.255 e. The van der Waals surface area contributed by atoms with Crippen molar-refractivity contribution in [1.82, 2.24) is 9.80 Å². The van der Waals surface area contributed by atoms with Gasteiger partial charge in [0.2, 0.25) is 0 Å². The number of likely N-dealkylation sites (N-methyl/N-ethyl adjacent to an activating group) is 1. The monoisotopic (exact) mass is 394 g/mol. The van der Waals surface area contributed by atoms with Crippen LogP contribution in [-0.2, 0) is 22.6 Å². The van der Waals surface area contributed by atoms with Crippen molar-refractivity contribution in [3.8, 4) is 0 Å². The molecule has 152 valence electrons. The molecule has 2 aromatic carbocycles. The lowest BCUT2D eigenvalue weighted by Gasteiger charge is -2.33. The average molecular weight is 394 g/mol. The maximum atomic E-state index is 12.7. The number of amides is 2. The zero-order valence-corrected chi connectivity index (χ0v) is 17.1. The molecule has 6 nitrogen and oxygen atoms in total. The number of rotatable bonds is 5. The topological polar surface area (TPSA) is 81.1 Å². The summed E-state index contributed by atoms with van der Waals surface area (Å²) in [6.07, 6.45) is -2.92. The van der Waals surface area contributed by atoms with Crippen molar-refractivity contribution in [3.05, 3.63) is 65.2 Å².